The lowest BCUT2D eigenvalue weighted by molar-refractivity contribution is -0.117. The molecule has 25 heavy (non-hydrogen) atoms. The maximum Gasteiger partial charge on any atom is 0.238 e. The standard InChI is InChI=1S/C20H24N2O2S/c1-4-13-24-17-11-9-16(10-12-17)14-22(2)15-20(23)21-18-7-5-6-8-19(18)25-3/h4-12H,1,13-15H2,2-3H3,(H,21,23). The number of nitrogens with zero attached hydrogens (tertiary/aromatic N) is 1. The van der Waals surface area contributed by atoms with Crippen LogP contribution in [0.5, 0.6) is 5.75 Å². The summed E-state index contributed by atoms with van der Waals surface area (Å²) in [7, 11) is 1.93. The number of carbonyl (C=O) groups excluding carboxylic acids is 1. The van der Waals surface area contributed by atoms with Crippen LogP contribution in [0.25, 0.3) is 0 Å². The van der Waals surface area contributed by atoms with Gasteiger partial charge in [0.25, 0.3) is 0 Å². The monoisotopic (exact) mass is 356 g/mol. The van der Waals surface area contributed by atoms with Crippen molar-refractivity contribution in [3.63, 3.8) is 0 Å². The van der Waals surface area contributed by atoms with Crippen LogP contribution in [-0.4, -0.2) is 37.3 Å². The molecule has 0 saturated carbocycles. The first-order chi connectivity index (χ1) is 12.1. The lowest BCUT2D eigenvalue weighted by atomic mass is 10.2. The van der Waals surface area contributed by atoms with Crippen LogP contribution in [0.15, 0.2) is 66.1 Å². The Hall–Kier alpha value is -2.24. The van der Waals surface area contributed by atoms with Gasteiger partial charge in [-0.1, -0.05) is 36.9 Å². The molecule has 0 saturated heterocycles. The lowest BCUT2D eigenvalue weighted by Gasteiger charge is -2.17. The summed E-state index contributed by atoms with van der Waals surface area (Å²) in [6.45, 7) is 5.15. The van der Waals surface area contributed by atoms with Crippen LogP contribution in [0.1, 0.15) is 5.56 Å². The van der Waals surface area contributed by atoms with Crippen molar-refractivity contribution in [1.29, 1.82) is 0 Å². The fourth-order valence-electron chi connectivity index (χ4n) is 2.40. The van der Waals surface area contributed by atoms with Crippen LogP contribution in [0.3, 0.4) is 0 Å². The zero-order chi connectivity index (χ0) is 18.1. The van der Waals surface area contributed by atoms with Crippen molar-refractivity contribution in [2.45, 2.75) is 11.4 Å². The van der Waals surface area contributed by atoms with E-state index in [0.717, 1.165) is 21.9 Å². The first kappa shape index (κ1) is 19.1. The number of hydrogen-bond acceptors (Lipinski definition) is 4. The van der Waals surface area contributed by atoms with E-state index in [2.05, 4.69) is 11.9 Å². The Morgan fingerprint density at radius 3 is 2.64 bits per heavy atom. The summed E-state index contributed by atoms with van der Waals surface area (Å²) in [6, 6.07) is 15.7. The molecule has 0 heterocycles. The van der Waals surface area contributed by atoms with E-state index in [1.54, 1.807) is 17.8 Å². The van der Waals surface area contributed by atoms with Crippen LogP contribution in [-0.2, 0) is 11.3 Å². The number of nitrogens with one attached hydrogen (secondary N) is 1. The summed E-state index contributed by atoms with van der Waals surface area (Å²) >= 11 is 1.62. The molecule has 2 rings (SSSR count). The average Bonchev–Trinajstić information content (AvgIpc) is 2.61. The Morgan fingerprint density at radius 1 is 1.24 bits per heavy atom. The Balaban J connectivity index is 1.85. The van der Waals surface area contributed by atoms with E-state index in [1.807, 2.05) is 66.7 Å². The second kappa shape index (κ2) is 9.91. The smallest absolute Gasteiger partial charge is 0.238 e. The summed E-state index contributed by atoms with van der Waals surface area (Å²) in [5.41, 5.74) is 1.99. The molecule has 0 fully saturated rings. The van der Waals surface area contributed by atoms with Crippen molar-refractivity contribution in [3.05, 3.63) is 66.7 Å². The van der Waals surface area contributed by atoms with Gasteiger partial charge < -0.3 is 10.1 Å². The number of benzene rings is 2. The van der Waals surface area contributed by atoms with E-state index in [9.17, 15) is 4.79 Å². The van der Waals surface area contributed by atoms with Gasteiger partial charge in [0.15, 0.2) is 0 Å². The highest BCUT2D eigenvalue weighted by molar-refractivity contribution is 7.98. The molecule has 0 aliphatic heterocycles. The number of carbonyl (C=O) groups is 1. The molecule has 0 aromatic heterocycles. The topological polar surface area (TPSA) is 41.6 Å². The SMILES string of the molecule is C=CCOc1ccc(CN(C)CC(=O)Nc2ccccc2SC)cc1. The van der Waals surface area contributed by atoms with Gasteiger partial charge in [-0.15, -0.1) is 11.8 Å². The molecule has 0 atom stereocenters. The lowest BCUT2D eigenvalue weighted by Crippen LogP contribution is -2.29. The summed E-state index contributed by atoms with van der Waals surface area (Å²) in [5.74, 6) is 0.799. The fraction of sp³-hybridized carbons (Fsp3) is 0.250. The molecule has 0 radical (unpaired) electrons. The number of para-hydroxylation sites is 1. The van der Waals surface area contributed by atoms with Gasteiger partial charge >= 0.3 is 0 Å². The third-order valence-corrected chi connectivity index (χ3v) is 4.33. The molecule has 2 aromatic carbocycles. The first-order valence-corrected chi connectivity index (χ1v) is 9.29. The Kier molecular flexibility index (Phi) is 7.57. The molecule has 4 nitrogen and oxygen atoms in total. The Bertz CT molecular complexity index is 701. The van der Waals surface area contributed by atoms with Gasteiger partial charge in [0.2, 0.25) is 5.91 Å². The van der Waals surface area contributed by atoms with Crippen LogP contribution >= 0.6 is 11.8 Å². The predicted molar refractivity (Wildman–Crippen MR) is 105 cm³/mol. The van der Waals surface area contributed by atoms with Gasteiger partial charge in [-0.25, -0.2) is 0 Å². The second-order valence-corrected chi connectivity index (χ2v) is 6.51. The quantitative estimate of drug-likeness (QED) is 0.544. The Morgan fingerprint density at radius 2 is 1.96 bits per heavy atom. The minimum atomic E-state index is -0.0186. The molecule has 0 unspecified atom stereocenters. The van der Waals surface area contributed by atoms with Gasteiger partial charge in [0.05, 0.1) is 12.2 Å². The van der Waals surface area contributed by atoms with E-state index in [4.69, 9.17) is 4.74 Å². The highest BCUT2D eigenvalue weighted by Gasteiger charge is 2.09. The van der Waals surface area contributed by atoms with Crippen LogP contribution in [0, 0.1) is 0 Å². The number of likely N-dealkylation sites (N-methyl/N-ethyl adjacent to an activating group) is 1. The van der Waals surface area contributed by atoms with Gasteiger partial charge in [-0.2, -0.15) is 0 Å². The predicted octanol–water partition coefficient (Wildman–Crippen LogP) is 4.04. The van der Waals surface area contributed by atoms with Crippen LogP contribution < -0.4 is 10.1 Å². The molecule has 1 N–H and O–H groups in total. The average molecular weight is 356 g/mol. The highest BCUT2D eigenvalue weighted by Crippen LogP contribution is 2.24. The van der Waals surface area contributed by atoms with Crippen molar-refractivity contribution < 1.29 is 9.53 Å². The van der Waals surface area contributed by atoms with Crippen LogP contribution in [0.4, 0.5) is 5.69 Å². The van der Waals surface area contributed by atoms with Gasteiger partial charge in [-0.05, 0) is 43.1 Å². The minimum absolute atomic E-state index is 0.0186. The minimum Gasteiger partial charge on any atom is -0.490 e. The zero-order valence-corrected chi connectivity index (χ0v) is 15.5. The molecule has 2 aromatic rings. The van der Waals surface area contributed by atoms with Crippen molar-refractivity contribution in [2.75, 3.05) is 31.8 Å². The van der Waals surface area contributed by atoms with E-state index < -0.39 is 0 Å². The fourth-order valence-corrected chi connectivity index (χ4v) is 2.95. The maximum atomic E-state index is 12.3. The molecule has 0 spiro atoms. The Labute approximate surface area is 153 Å². The summed E-state index contributed by atoms with van der Waals surface area (Å²) in [6.07, 6.45) is 3.72. The summed E-state index contributed by atoms with van der Waals surface area (Å²) in [4.78, 5) is 15.3. The molecular formula is C20H24N2O2S. The highest BCUT2D eigenvalue weighted by atomic mass is 32.2. The van der Waals surface area contributed by atoms with E-state index >= 15 is 0 Å². The molecule has 5 heteroatoms. The zero-order valence-electron chi connectivity index (χ0n) is 14.7. The number of amides is 1. The van der Waals surface area contributed by atoms with Crippen molar-refractivity contribution in [1.82, 2.24) is 4.90 Å². The third-order valence-electron chi connectivity index (χ3n) is 3.54. The molecule has 0 aliphatic rings. The van der Waals surface area contributed by atoms with Crippen molar-refractivity contribution in [2.24, 2.45) is 0 Å². The van der Waals surface area contributed by atoms with Crippen molar-refractivity contribution in [3.8, 4) is 5.75 Å². The molecule has 1 amide bonds. The first-order valence-electron chi connectivity index (χ1n) is 8.06. The third kappa shape index (κ3) is 6.29. The molecule has 132 valence electrons. The molecular weight excluding hydrogens is 332 g/mol. The normalized spacial score (nSPS) is 10.5. The summed E-state index contributed by atoms with van der Waals surface area (Å²) < 4.78 is 5.47. The van der Waals surface area contributed by atoms with Gasteiger partial charge in [-0.3, -0.25) is 9.69 Å². The summed E-state index contributed by atoms with van der Waals surface area (Å²) in [5, 5.41) is 2.98. The number of rotatable bonds is 9. The number of thioether (sulfide) groups is 1. The second-order valence-electron chi connectivity index (χ2n) is 5.66. The van der Waals surface area contributed by atoms with Gasteiger partial charge in [0, 0.05) is 11.4 Å². The van der Waals surface area contributed by atoms with E-state index in [0.29, 0.717) is 19.7 Å². The number of anilines is 1. The van der Waals surface area contributed by atoms with Gasteiger partial charge in [0.1, 0.15) is 12.4 Å². The maximum absolute atomic E-state index is 12.3. The van der Waals surface area contributed by atoms with Crippen LogP contribution in [0.2, 0.25) is 0 Å². The van der Waals surface area contributed by atoms with Crippen molar-refractivity contribution >= 4 is 23.4 Å². The molecule has 0 bridgehead atoms. The number of hydrogen-bond donors (Lipinski definition) is 1. The van der Waals surface area contributed by atoms with E-state index in [1.165, 1.54) is 0 Å². The van der Waals surface area contributed by atoms with E-state index in [-0.39, 0.29) is 5.91 Å². The largest absolute Gasteiger partial charge is 0.490 e. The molecule has 0 aliphatic carbocycles. The number of ether oxygens (including phenoxy) is 1.